The highest BCUT2D eigenvalue weighted by Crippen LogP contribution is 2.35. The highest BCUT2D eigenvalue weighted by molar-refractivity contribution is 7.89. The van der Waals surface area contributed by atoms with Gasteiger partial charge < -0.3 is 10.1 Å². The maximum absolute atomic E-state index is 13.0. The number of sulfonamides is 1. The van der Waals surface area contributed by atoms with Crippen molar-refractivity contribution in [3.63, 3.8) is 0 Å². The average molecular weight is 462 g/mol. The van der Waals surface area contributed by atoms with Crippen molar-refractivity contribution in [2.75, 3.05) is 37.7 Å². The molecule has 2 aliphatic heterocycles. The molecule has 1 atom stereocenters. The molecule has 174 valence electrons. The number of rotatable bonds is 6. The number of anilines is 1. The van der Waals surface area contributed by atoms with Gasteiger partial charge in [-0.2, -0.15) is 4.31 Å². The van der Waals surface area contributed by atoms with Crippen molar-refractivity contribution in [2.24, 2.45) is 0 Å². The SMILES string of the molecule is CC(=O)N1c2ccc(S(=O)(=O)N3CCOCC3)cc2C[C@@H]1C(=O)NCCC1=CCCCC1. The van der Waals surface area contributed by atoms with E-state index in [1.54, 1.807) is 12.1 Å². The summed E-state index contributed by atoms with van der Waals surface area (Å²) in [5.41, 5.74) is 2.69. The van der Waals surface area contributed by atoms with Crippen molar-refractivity contribution in [3.8, 4) is 0 Å². The van der Waals surface area contributed by atoms with Gasteiger partial charge in [0.2, 0.25) is 21.8 Å². The predicted molar refractivity (Wildman–Crippen MR) is 121 cm³/mol. The first kappa shape index (κ1) is 22.9. The largest absolute Gasteiger partial charge is 0.379 e. The van der Waals surface area contributed by atoms with Gasteiger partial charge >= 0.3 is 0 Å². The zero-order valence-corrected chi connectivity index (χ0v) is 19.3. The molecule has 2 heterocycles. The summed E-state index contributed by atoms with van der Waals surface area (Å²) in [5.74, 6) is -0.437. The molecule has 0 radical (unpaired) electrons. The number of allylic oxidation sites excluding steroid dienone is 1. The van der Waals surface area contributed by atoms with Crippen LogP contribution in [0.25, 0.3) is 0 Å². The summed E-state index contributed by atoms with van der Waals surface area (Å²) in [6, 6.07) is 4.11. The van der Waals surface area contributed by atoms with Gasteiger partial charge in [-0.05, 0) is 55.9 Å². The topological polar surface area (TPSA) is 96.0 Å². The molecule has 32 heavy (non-hydrogen) atoms. The van der Waals surface area contributed by atoms with E-state index in [9.17, 15) is 18.0 Å². The molecule has 1 aromatic rings. The van der Waals surface area contributed by atoms with E-state index in [0.29, 0.717) is 50.5 Å². The third-order valence-electron chi connectivity index (χ3n) is 6.42. The second-order valence-corrected chi connectivity index (χ2v) is 10.5. The Morgan fingerprint density at radius 2 is 1.97 bits per heavy atom. The van der Waals surface area contributed by atoms with E-state index in [2.05, 4.69) is 11.4 Å². The summed E-state index contributed by atoms with van der Waals surface area (Å²) in [5, 5.41) is 2.97. The molecule has 0 saturated carbocycles. The second-order valence-electron chi connectivity index (χ2n) is 8.57. The first-order valence-corrected chi connectivity index (χ1v) is 12.8. The van der Waals surface area contributed by atoms with Crippen LogP contribution >= 0.6 is 0 Å². The smallest absolute Gasteiger partial charge is 0.243 e. The Bertz CT molecular complexity index is 1010. The molecule has 1 aromatic carbocycles. The second kappa shape index (κ2) is 9.72. The Hall–Kier alpha value is -2.23. The van der Waals surface area contributed by atoms with Gasteiger partial charge in [-0.15, -0.1) is 0 Å². The van der Waals surface area contributed by atoms with E-state index in [-0.39, 0.29) is 16.7 Å². The van der Waals surface area contributed by atoms with Crippen LogP contribution in [-0.2, 0) is 30.8 Å². The molecule has 0 unspecified atom stereocenters. The van der Waals surface area contributed by atoms with Gasteiger partial charge in [-0.1, -0.05) is 11.6 Å². The molecular weight excluding hydrogens is 430 g/mol. The lowest BCUT2D eigenvalue weighted by atomic mass is 9.97. The number of benzene rings is 1. The van der Waals surface area contributed by atoms with Gasteiger partial charge in [0.25, 0.3) is 0 Å². The molecule has 1 N–H and O–H groups in total. The number of carbonyl (C=O) groups is 2. The number of carbonyl (C=O) groups excluding carboxylic acids is 2. The molecular formula is C23H31N3O5S. The lowest BCUT2D eigenvalue weighted by molar-refractivity contribution is -0.125. The third kappa shape index (κ3) is 4.74. The summed E-state index contributed by atoms with van der Waals surface area (Å²) in [7, 11) is -3.64. The van der Waals surface area contributed by atoms with Crippen LogP contribution in [0.1, 0.15) is 44.6 Å². The summed E-state index contributed by atoms with van der Waals surface area (Å²) in [4.78, 5) is 27.0. The number of morpholine rings is 1. The first-order chi connectivity index (χ1) is 15.4. The number of fused-ring (bicyclic) bond motifs is 1. The summed E-state index contributed by atoms with van der Waals surface area (Å²) in [6.45, 7) is 3.37. The molecule has 4 rings (SSSR count). The van der Waals surface area contributed by atoms with Crippen molar-refractivity contribution in [1.29, 1.82) is 0 Å². The number of hydrogen-bond donors (Lipinski definition) is 1. The summed E-state index contributed by atoms with van der Waals surface area (Å²) >= 11 is 0. The van der Waals surface area contributed by atoms with Gasteiger partial charge in [0.1, 0.15) is 6.04 Å². The fraction of sp³-hybridized carbons (Fsp3) is 0.565. The van der Waals surface area contributed by atoms with Crippen LogP contribution in [0, 0.1) is 0 Å². The lowest BCUT2D eigenvalue weighted by Crippen LogP contribution is -2.47. The van der Waals surface area contributed by atoms with Gasteiger partial charge in [-0.25, -0.2) is 8.42 Å². The minimum atomic E-state index is -3.64. The molecule has 8 nitrogen and oxygen atoms in total. The van der Waals surface area contributed by atoms with Crippen LogP contribution in [0.4, 0.5) is 5.69 Å². The zero-order valence-electron chi connectivity index (χ0n) is 18.5. The van der Waals surface area contributed by atoms with Crippen LogP contribution in [0.5, 0.6) is 0 Å². The van der Waals surface area contributed by atoms with Gasteiger partial charge in [-0.3, -0.25) is 14.5 Å². The Balaban J connectivity index is 1.48. The van der Waals surface area contributed by atoms with Crippen LogP contribution in [-0.4, -0.2) is 63.4 Å². The van der Waals surface area contributed by atoms with E-state index in [4.69, 9.17) is 4.74 Å². The number of amides is 2. The number of nitrogens with zero attached hydrogens (tertiary/aromatic N) is 2. The maximum Gasteiger partial charge on any atom is 0.243 e. The van der Waals surface area contributed by atoms with Crippen molar-refractivity contribution in [3.05, 3.63) is 35.4 Å². The molecule has 1 saturated heterocycles. The monoisotopic (exact) mass is 461 g/mol. The van der Waals surface area contributed by atoms with Crippen LogP contribution < -0.4 is 10.2 Å². The number of ether oxygens (including phenoxy) is 1. The fourth-order valence-corrected chi connectivity index (χ4v) is 6.18. The van der Waals surface area contributed by atoms with E-state index in [1.807, 2.05) is 0 Å². The fourth-order valence-electron chi connectivity index (χ4n) is 4.72. The van der Waals surface area contributed by atoms with E-state index in [1.165, 1.54) is 40.6 Å². The van der Waals surface area contributed by atoms with Crippen molar-refractivity contribution in [2.45, 2.75) is 56.4 Å². The average Bonchev–Trinajstić information content (AvgIpc) is 3.19. The first-order valence-electron chi connectivity index (χ1n) is 11.3. The van der Waals surface area contributed by atoms with Gasteiger partial charge in [0.05, 0.1) is 18.1 Å². The Morgan fingerprint density at radius 3 is 2.66 bits per heavy atom. The molecule has 0 bridgehead atoms. The Morgan fingerprint density at radius 1 is 1.19 bits per heavy atom. The Labute approximate surface area is 189 Å². The molecule has 0 aromatic heterocycles. The standard InChI is InChI=1S/C23H31N3O5S/c1-17(27)26-21-8-7-20(32(29,30)25-11-13-31-14-12-25)15-19(21)16-22(26)23(28)24-10-9-18-5-3-2-4-6-18/h5,7-8,15,22H,2-4,6,9-14,16H2,1H3,(H,24,28)/t22-/m1/s1. The maximum atomic E-state index is 13.0. The normalized spacial score (nSPS) is 21.7. The molecule has 2 amide bonds. The van der Waals surface area contributed by atoms with Gasteiger partial charge in [0.15, 0.2) is 0 Å². The quantitative estimate of drug-likeness (QED) is 0.654. The highest BCUT2D eigenvalue weighted by Gasteiger charge is 2.38. The van der Waals surface area contributed by atoms with Gasteiger partial charge in [0, 0.05) is 38.7 Å². The minimum absolute atomic E-state index is 0.187. The third-order valence-corrected chi connectivity index (χ3v) is 8.31. The Kier molecular flexibility index (Phi) is 6.97. The predicted octanol–water partition coefficient (Wildman–Crippen LogP) is 1.99. The van der Waals surface area contributed by atoms with Crippen LogP contribution in [0.2, 0.25) is 0 Å². The number of nitrogens with one attached hydrogen (secondary N) is 1. The molecule has 9 heteroatoms. The summed E-state index contributed by atoms with van der Waals surface area (Å²) < 4.78 is 32.7. The summed E-state index contributed by atoms with van der Waals surface area (Å²) in [6.07, 6.45) is 8.01. The molecule has 1 aliphatic carbocycles. The van der Waals surface area contributed by atoms with Crippen molar-refractivity contribution in [1.82, 2.24) is 9.62 Å². The van der Waals surface area contributed by atoms with E-state index < -0.39 is 16.1 Å². The minimum Gasteiger partial charge on any atom is -0.379 e. The number of hydrogen-bond acceptors (Lipinski definition) is 5. The van der Waals surface area contributed by atoms with Crippen molar-refractivity contribution < 1.29 is 22.7 Å². The van der Waals surface area contributed by atoms with Crippen LogP contribution in [0.15, 0.2) is 34.7 Å². The molecule has 0 spiro atoms. The van der Waals surface area contributed by atoms with E-state index in [0.717, 1.165) is 19.3 Å². The lowest BCUT2D eigenvalue weighted by Gasteiger charge is -2.26. The highest BCUT2D eigenvalue weighted by atomic mass is 32.2. The molecule has 3 aliphatic rings. The molecule has 1 fully saturated rings. The van der Waals surface area contributed by atoms with E-state index >= 15 is 0 Å². The van der Waals surface area contributed by atoms with Crippen LogP contribution in [0.3, 0.4) is 0 Å². The van der Waals surface area contributed by atoms with Crippen molar-refractivity contribution >= 4 is 27.5 Å². The zero-order chi connectivity index (χ0) is 22.7.